The number of likely N-dealkylation sites (tertiary alicyclic amines) is 2. The van der Waals surface area contributed by atoms with Crippen LogP contribution in [0.3, 0.4) is 0 Å². The molecular formula is C25H47N3O4. The minimum absolute atomic E-state index is 0.119. The minimum Gasteiger partial charge on any atom is -0.378 e. The molecule has 186 valence electrons. The van der Waals surface area contributed by atoms with Crippen molar-refractivity contribution in [2.45, 2.75) is 73.6 Å². The topological polar surface area (TPSA) is 70.2 Å². The van der Waals surface area contributed by atoms with Crippen LogP contribution >= 0.6 is 0 Å². The Balaban J connectivity index is 0.000000240. The van der Waals surface area contributed by atoms with E-state index < -0.39 is 0 Å². The fourth-order valence-corrected chi connectivity index (χ4v) is 3.93. The van der Waals surface area contributed by atoms with Crippen LogP contribution in [0, 0.1) is 17.8 Å². The van der Waals surface area contributed by atoms with E-state index >= 15 is 0 Å². The number of piperidine rings is 1. The lowest BCUT2D eigenvalue weighted by Crippen LogP contribution is -2.42. The Morgan fingerprint density at radius 3 is 1.09 bits per heavy atom. The number of hydrogen-bond acceptors (Lipinski definition) is 4. The molecule has 0 atom stereocenters. The molecule has 32 heavy (non-hydrogen) atoms. The zero-order valence-electron chi connectivity index (χ0n) is 21.4. The van der Waals surface area contributed by atoms with E-state index in [1.54, 1.807) is 0 Å². The molecule has 0 spiro atoms. The highest BCUT2D eigenvalue weighted by molar-refractivity contribution is 5.79. The van der Waals surface area contributed by atoms with Crippen LogP contribution < -0.4 is 0 Å². The van der Waals surface area contributed by atoms with Crippen molar-refractivity contribution in [1.82, 2.24) is 14.7 Å². The summed E-state index contributed by atoms with van der Waals surface area (Å²) in [5.41, 5.74) is 0. The third kappa shape index (κ3) is 10.3. The summed E-state index contributed by atoms with van der Waals surface area (Å²) in [5.74, 6) is 1.36. The summed E-state index contributed by atoms with van der Waals surface area (Å²) in [5, 5.41) is 0. The molecule has 0 bridgehead atoms. The van der Waals surface area contributed by atoms with Gasteiger partial charge in [-0.05, 0) is 32.1 Å². The van der Waals surface area contributed by atoms with Gasteiger partial charge >= 0.3 is 0 Å². The number of carbonyl (C=O) groups excluding carboxylic acids is 3. The Hall–Kier alpha value is -1.63. The predicted octanol–water partition coefficient (Wildman–Crippen LogP) is 3.42. The molecule has 0 aromatic carbocycles. The first-order valence-corrected chi connectivity index (χ1v) is 12.6. The SMILES string of the molecule is CC(C)C(=O)N1CCCC1.CC(C)C(=O)N1CCCCC1.CC(C)C(=O)N1CCOCC1. The van der Waals surface area contributed by atoms with Crippen molar-refractivity contribution in [1.29, 1.82) is 0 Å². The van der Waals surface area contributed by atoms with E-state index in [-0.39, 0.29) is 23.7 Å². The van der Waals surface area contributed by atoms with Crippen molar-refractivity contribution in [3.8, 4) is 0 Å². The highest BCUT2D eigenvalue weighted by Crippen LogP contribution is 2.12. The highest BCUT2D eigenvalue weighted by Gasteiger charge is 2.20. The second-order valence-electron chi connectivity index (χ2n) is 9.82. The second-order valence-corrected chi connectivity index (χ2v) is 9.82. The quantitative estimate of drug-likeness (QED) is 0.657. The van der Waals surface area contributed by atoms with Gasteiger partial charge in [0.25, 0.3) is 0 Å². The Morgan fingerprint density at radius 2 is 0.781 bits per heavy atom. The van der Waals surface area contributed by atoms with Crippen molar-refractivity contribution >= 4 is 17.7 Å². The minimum atomic E-state index is 0.119. The first kappa shape index (κ1) is 28.4. The first-order valence-electron chi connectivity index (χ1n) is 12.6. The number of nitrogens with zero attached hydrogens (tertiary/aromatic N) is 3. The van der Waals surface area contributed by atoms with Crippen LogP contribution in [0.1, 0.15) is 73.6 Å². The van der Waals surface area contributed by atoms with Crippen molar-refractivity contribution in [3.05, 3.63) is 0 Å². The van der Waals surface area contributed by atoms with Crippen LogP contribution in [-0.4, -0.2) is 84.9 Å². The molecule has 0 aromatic rings. The van der Waals surface area contributed by atoms with Gasteiger partial charge in [-0.25, -0.2) is 0 Å². The van der Waals surface area contributed by atoms with E-state index in [4.69, 9.17) is 4.74 Å². The zero-order valence-corrected chi connectivity index (χ0v) is 21.4. The molecule has 7 nitrogen and oxygen atoms in total. The fraction of sp³-hybridized carbons (Fsp3) is 0.880. The number of amides is 3. The molecule has 3 rings (SSSR count). The van der Waals surface area contributed by atoms with E-state index in [2.05, 4.69) is 0 Å². The van der Waals surface area contributed by atoms with Gasteiger partial charge in [0.05, 0.1) is 13.2 Å². The maximum Gasteiger partial charge on any atom is 0.225 e. The molecule has 0 N–H and O–H groups in total. The third-order valence-electron chi connectivity index (χ3n) is 5.89. The van der Waals surface area contributed by atoms with E-state index in [0.717, 1.165) is 39.3 Å². The molecule has 3 saturated heterocycles. The largest absolute Gasteiger partial charge is 0.378 e. The summed E-state index contributed by atoms with van der Waals surface area (Å²) >= 11 is 0. The van der Waals surface area contributed by atoms with Crippen molar-refractivity contribution in [3.63, 3.8) is 0 Å². The molecule has 3 amide bonds. The smallest absolute Gasteiger partial charge is 0.225 e. The summed E-state index contributed by atoms with van der Waals surface area (Å²) in [7, 11) is 0. The maximum atomic E-state index is 11.4. The Kier molecular flexibility index (Phi) is 13.5. The van der Waals surface area contributed by atoms with Crippen molar-refractivity contribution in [2.24, 2.45) is 17.8 Å². The summed E-state index contributed by atoms with van der Waals surface area (Å²) in [6, 6.07) is 0. The molecule has 0 radical (unpaired) electrons. The van der Waals surface area contributed by atoms with Gasteiger partial charge in [-0.2, -0.15) is 0 Å². The van der Waals surface area contributed by atoms with E-state index in [1.807, 2.05) is 56.2 Å². The molecule has 0 aromatic heterocycles. The average molecular weight is 454 g/mol. The van der Waals surface area contributed by atoms with Gasteiger partial charge in [0.1, 0.15) is 0 Å². The average Bonchev–Trinajstić information content (AvgIpc) is 3.34. The molecule has 3 aliphatic rings. The lowest BCUT2D eigenvalue weighted by molar-refractivity contribution is -0.138. The van der Waals surface area contributed by atoms with Gasteiger partial charge in [0.2, 0.25) is 17.7 Å². The second kappa shape index (κ2) is 15.3. The molecule has 3 aliphatic heterocycles. The standard InChI is InChI=1S/C9H17NO.C8H15NO2.C8H15NO/c1-8(2)9(11)10-6-4-3-5-7-10;1-7(2)8(10)9-3-5-11-6-4-9;1-7(2)8(10)9-5-3-4-6-9/h8H,3-7H2,1-2H3;7H,3-6H2,1-2H3;7H,3-6H2,1-2H3. The Labute approximate surface area is 195 Å². The molecular weight excluding hydrogens is 406 g/mol. The van der Waals surface area contributed by atoms with Crippen LogP contribution in [-0.2, 0) is 19.1 Å². The summed E-state index contributed by atoms with van der Waals surface area (Å²) in [6.45, 7) is 18.6. The highest BCUT2D eigenvalue weighted by atomic mass is 16.5. The third-order valence-corrected chi connectivity index (χ3v) is 5.89. The number of hydrogen-bond donors (Lipinski definition) is 0. The fourth-order valence-electron chi connectivity index (χ4n) is 3.93. The predicted molar refractivity (Wildman–Crippen MR) is 128 cm³/mol. The molecule has 0 saturated carbocycles. The number of rotatable bonds is 3. The van der Waals surface area contributed by atoms with Crippen LogP contribution in [0.5, 0.6) is 0 Å². The van der Waals surface area contributed by atoms with Crippen LogP contribution in [0.2, 0.25) is 0 Å². The van der Waals surface area contributed by atoms with E-state index in [9.17, 15) is 14.4 Å². The lowest BCUT2D eigenvalue weighted by atomic mass is 10.1. The number of carbonyl (C=O) groups is 3. The normalized spacial score (nSPS) is 18.8. The van der Waals surface area contributed by atoms with E-state index in [0.29, 0.717) is 25.0 Å². The summed E-state index contributed by atoms with van der Waals surface area (Å²) in [4.78, 5) is 39.9. The molecule has 0 unspecified atom stereocenters. The lowest BCUT2D eigenvalue weighted by Gasteiger charge is -2.28. The molecule has 0 aliphatic carbocycles. The zero-order chi connectivity index (χ0) is 24.1. The van der Waals surface area contributed by atoms with Gasteiger partial charge < -0.3 is 19.4 Å². The van der Waals surface area contributed by atoms with Gasteiger partial charge in [-0.3, -0.25) is 14.4 Å². The molecule has 7 heteroatoms. The van der Waals surface area contributed by atoms with Crippen LogP contribution in [0.25, 0.3) is 0 Å². The maximum absolute atomic E-state index is 11.4. The van der Waals surface area contributed by atoms with Gasteiger partial charge in [-0.1, -0.05) is 41.5 Å². The van der Waals surface area contributed by atoms with Crippen molar-refractivity contribution < 1.29 is 19.1 Å². The Bertz CT molecular complexity index is 526. The van der Waals surface area contributed by atoms with Crippen LogP contribution in [0.15, 0.2) is 0 Å². The number of ether oxygens (including phenoxy) is 1. The van der Waals surface area contributed by atoms with Crippen LogP contribution in [0.4, 0.5) is 0 Å². The van der Waals surface area contributed by atoms with Gasteiger partial charge in [-0.15, -0.1) is 0 Å². The molecule has 3 heterocycles. The summed E-state index contributed by atoms with van der Waals surface area (Å²) < 4.78 is 5.14. The monoisotopic (exact) mass is 453 g/mol. The summed E-state index contributed by atoms with van der Waals surface area (Å²) in [6.07, 6.45) is 6.07. The van der Waals surface area contributed by atoms with Gasteiger partial charge in [0, 0.05) is 57.0 Å². The van der Waals surface area contributed by atoms with E-state index in [1.165, 1.54) is 32.1 Å². The first-order chi connectivity index (χ1) is 15.1. The van der Waals surface area contributed by atoms with Crippen molar-refractivity contribution in [2.75, 3.05) is 52.5 Å². The number of morpholine rings is 1. The molecule has 3 fully saturated rings. The Morgan fingerprint density at radius 1 is 0.500 bits per heavy atom. The van der Waals surface area contributed by atoms with Gasteiger partial charge in [0.15, 0.2) is 0 Å².